The van der Waals surface area contributed by atoms with Gasteiger partial charge >= 0.3 is 0 Å². The van der Waals surface area contributed by atoms with Gasteiger partial charge in [-0.25, -0.2) is 0 Å². The molecule has 0 aromatic heterocycles. The molecule has 0 saturated heterocycles. The van der Waals surface area contributed by atoms with Crippen molar-refractivity contribution >= 4 is 0 Å². The zero-order chi connectivity index (χ0) is 11.9. The van der Waals surface area contributed by atoms with Gasteiger partial charge in [-0.15, -0.1) is 0 Å². The Morgan fingerprint density at radius 2 is 1.00 bits per heavy atom. The smallest absolute Gasteiger partial charge is 0.0349 e. The molecule has 0 unspecified atom stereocenters. The van der Waals surface area contributed by atoms with Crippen LogP contribution in [0, 0.1) is 10.8 Å². The van der Waals surface area contributed by atoms with Crippen LogP contribution in [0.5, 0.6) is 0 Å². The minimum atomic E-state index is 0.535. The van der Waals surface area contributed by atoms with E-state index in [0.29, 0.717) is 10.8 Å². The van der Waals surface area contributed by atoms with Gasteiger partial charge in [-0.05, 0) is 30.1 Å². The van der Waals surface area contributed by atoms with Crippen LogP contribution in [0.2, 0.25) is 0 Å². The van der Waals surface area contributed by atoms with Crippen molar-refractivity contribution in [3.63, 3.8) is 0 Å². The summed E-state index contributed by atoms with van der Waals surface area (Å²) in [5.41, 5.74) is 1.07. The Labute approximate surface area is 97.8 Å². The summed E-state index contributed by atoms with van der Waals surface area (Å²) in [5, 5.41) is 0. The molecule has 0 aromatic carbocycles. The summed E-state index contributed by atoms with van der Waals surface area (Å²) in [6, 6.07) is 0. The summed E-state index contributed by atoms with van der Waals surface area (Å²) in [6.45, 7) is 14.3. The van der Waals surface area contributed by atoms with Gasteiger partial charge in [0.05, 0.1) is 0 Å². The Morgan fingerprint density at radius 3 is 1.27 bits per heavy atom. The molecule has 0 radical (unpaired) electrons. The van der Waals surface area contributed by atoms with Crippen LogP contribution < -0.4 is 0 Å². The third-order valence-electron chi connectivity index (χ3n) is 3.37. The van der Waals surface area contributed by atoms with E-state index in [0.717, 1.165) is 0 Å². The van der Waals surface area contributed by atoms with Crippen molar-refractivity contribution in [3.8, 4) is 0 Å². The highest BCUT2D eigenvalue weighted by molar-refractivity contribution is 4.79. The minimum absolute atomic E-state index is 0.535. The molecule has 0 aromatic rings. The summed E-state index contributed by atoms with van der Waals surface area (Å²) >= 11 is 0. The van der Waals surface area contributed by atoms with Crippen molar-refractivity contribution in [3.05, 3.63) is 0 Å². The van der Waals surface area contributed by atoms with Crippen molar-refractivity contribution in [1.29, 1.82) is 0 Å². The van der Waals surface area contributed by atoms with Crippen LogP contribution in [0.3, 0.4) is 0 Å². The van der Waals surface area contributed by atoms with Crippen LogP contribution in [0.1, 0.15) is 86.5 Å². The fraction of sp³-hybridized carbons (Fsp3) is 1.00. The molecule has 0 bridgehead atoms. The predicted molar refractivity (Wildman–Crippen MR) is 71.2 cm³/mol. The summed E-state index contributed by atoms with van der Waals surface area (Å²) in [5.74, 6) is 0. The first-order valence-corrected chi connectivity index (χ1v) is 6.83. The Kier molecular flexibility index (Phi) is 6.55. The summed E-state index contributed by atoms with van der Waals surface area (Å²) < 4.78 is 0. The molecule has 0 aliphatic rings. The highest BCUT2D eigenvalue weighted by Gasteiger charge is 2.27. The van der Waals surface area contributed by atoms with Gasteiger partial charge in [-0.1, -0.05) is 67.2 Å². The van der Waals surface area contributed by atoms with Crippen LogP contribution in [-0.2, 0) is 0 Å². The standard InChI is InChI=1S/C15H32/c1-7-9-11-14(3,4)13-15(5,6)12-10-8-2/h7-13H2,1-6H3. The van der Waals surface area contributed by atoms with Gasteiger partial charge in [0.25, 0.3) is 0 Å². The molecule has 0 atom stereocenters. The quantitative estimate of drug-likeness (QED) is 0.476. The molecule has 0 aliphatic heterocycles. The highest BCUT2D eigenvalue weighted by atomic mass is 14.3. The zero-order valence-electron chi connectivity index (χ0n) is 11.9. The second-order valence-corrected chi connectivity index (χ2v) is 6.71. The molecule has 0 saturated carbocycles. The molecule has 0 heterocycles. The highest BCUT2D eigenvalue weighted by Crippen LogP contribution is 2.40. The molecule has 0 amide bonds. The molecule has 0 rings (SSSR count). The number of unbranched alkanes of at least 4 members (excludes halogenated alkanes) is 2. The van der Waals surface area contributed by atoms with E-state index in [1.807, 2.05) is 0 Å². The predicted octanol–water partition coefficient (Wildman–Crippen LogP) is 5.81. The van der Waals surface area contributed by atoms with Crippen molar-refractivity contribution in [1.82, 2.24) is 0 Å². The monoisotopic (exact) mass is 212 g/mol. The lowest BCUT2D eigenvalue weighted by atomic mass is 9.71. The lowest BCUT2D eigenvalue weighted by Crippen LogP contribution is -2.23. The van der Waals surface area contributed by atoms with Crippen LogP contribution >= 0.6 is 0 Å². The number of hydrogen-bond donors (Lipinski definition) is 0. The Balaban J connectivity index is 4.04. The van der Waals surface area contributed by atoms with Gasteiger partial charge in [-0.3, -0.25) is 0 Å². The minimum Gasteiger partial charge on any atom is -0.0654 e. The second-order valence-electron chi connectivity index (χ2n) is 6.71. The Morgan fingerprint density at radius 1 is 0.667 bits per heavy atom. The van der Waals surface area contributed by atoms with E-state index in [9.17, 15) is 0 Å². The molecular formula is C15H32. The van der Waals surface area contributed by atoms with E-state index in [1.165, 1.54) is 44.9 Å². The van der Waals surface area contributed by atoms with E-state index in [2.05, 4.69) is 41.5 Å². The molecule has 0 spiro atoms. The van der Waals surface area contributed by atoms with E-state index >= 15 is 0 Å². The number of hydrogen-bond acceptors (Lipinski definition) is 0. The number of rotatable bonds is 8. The van der Waals surface area contributed by atoms with Crippen molar-refractivity contribution in [2.45, 2.75) is 86.5 Å². The van der Waals surface area contributed by atoms with Crippen LogP contribution in [0.25, 0.3) is 0 Å². The third kappa shape index (κ3) is 7.88. The van der Waals surface area contributed by atoms with E-state index < -0.39 is 0 Å². The maximum atomic E-state index is 2.44. The molecule has 0 nitrogen and oxygen atoms in total. The fourth-order valence-corrected chi connectivity index (χ4v) is 2.78. The lowest BCUT2D eigenvalue weighted by molar-refractivity contribution is 0.166. The Bertz CT molecular complexity index is 135. The first kappa shape index (κ1) is 15.0. The maximum absolute atomic E-state index is 2.44. The normalized spacial score (nSPS) is 13.2. The van der Waals surface area contributed by atoms with Crippen LogP contribution in [0.15, 0.2) is 0 Å². The summed E-state index contributed by atoms with van der Waals surface area (Å²) in [4.78, 5) is 0. The van der Waals surface area contributed by atoms with Gasteiger partial charge in [0.2, 0.25) is 0 Å². The van der Waals surface area contributed by atoms with Gasteiger partial charge in [0, 0.05) is 0 Å². The Hall–Kier alpha value is 0. The molecular weight excluding hydrogens is 180 g/mol. The molecule has 0 aliphatic carbocycles. The van der Waals surface area contributed by atoms with Gasteiger partial charge in [-0.2, -0.15) is 0 Å². The third-order valence-corrected chi connectivity index (χ3v) is 3.37. The van der Waals surface area contributed by atoms with Crippen molar-refractivity contribution in [2.24, 2.45) is 10.8 Å². The summed E-state index contributed by atoms with van der Waals surface area (Å²) in [7, 11) is 0. The van der Waals surface area contributed by atoms with Gasteiger partial charge in [0.15, 0.2) is 0 Å². The van der Waals surface area contributed by atoms with Crippen molar-refractivity contribution < 1.29 is 0 Å². The zero-order valence-corrected chi connectivity index (χ0v) is 11.9. The molecule has 0 heteroatoms. The largest absolute Gasteiger partial charge is 0.0654 e. The fourth-order valence-electron chi connectivity index (χ4n) is 2.78. The lowest BCUT2D eigenvalue weighted by Gasteiger charge is -2.35. The van der Waals surface area contributed by atoms with Gasteiger partial charge < -0.3 is 0 Å². The molecule has 15 heavy (non-hydrogen) atoms. The van der Waals surface area contributed by atoms with Crippen LogP contribution in [0.4, 0.5) is 0 Å². The van der Waals surface area contributed by atoms with Crippen LogP contribution in [-0.4, -0.2) is 0 Å². The summed E-state index contributed by atoms with van der Waals surface area (Å²) in [6.07, 6.45) is 9.59. The van der Waals surface area contributed by atoms with Gasteiger partial charge in [0.1, 0.15) is 0 Å². The second kappa shape index (κ2) is 6.55. The average molecular weight is 212 g/mol. The first-order chi connectivity index (χ1) is 6.83. The maximum Gasteiger partial charge on any atom is -0.0349 e. The first-order valence-electron chi connectivity index (χ1n) is 6.83. The van der Waals surface area contributed by atoms with Crippen molar-refractivity contribution in [2.75, 3.05) is 0 Å². The average Bonchev–Trinajstić information content (AvgIpc) is 2.10. The topological polar surface area (TPSA) is 0 Å². The van der Waals surface area contributed by atoms with E-state index in [4.69, 9.17) is 0 Å². The molecule has 0 N–H and O–H groups in total. The van der Waals surface area contributed by atoms with E-state index in [1.54, 1.807) is 0 Å². The molecule has 0 fully saturated rings. The molecule has 92 valence electrons. The SMILES string of the molecule is CCCCC(C)(C)CC(C)(C)CCCC. The van der Waals surface area contributed by atoms with E-state index in [-0.39, 0.29) is 0 Å².